The first-order valence-electron chi connectivity index (χ1n) is 14.2. The average Bonchev–Trinajstić information content (AvgIpc) is 3.65. The number of nitrogen functional groups attached to an aromatic ring is 1. The molecule has 1 aliphatic carbocycles. The largest absolute Gasteiger partial charge is 0.457 e. The van der Waals surface area contributed by atoms with E-state index in [9.17, 15) is 4.79 Å². The van der Waals surface area contributed by atoms with Crippen LogP contribution in [-0.2, 0) is 4.79 Å². The second-order valence-electron chi connectivity index (χ2n) is 10.6. The fourth-order valence-corrected chi connectivity index (χ4v) is 5.74. The van der Waals surface area contributed by atoms with Gasteiger partial charge in [0.25, 0.3) is 0 Å². The summed E-state index contributed by atoms with van der Waals surface area (Å²) in [5, 5.41) is 9.25. The number of carbonyl (C=O) groups excluding carboxylic acids is 1. The molecule has 9 nitrogen and oxygen atoms in total. The van der Waals surface area contributed by atoms with E-state index < -0.39 is 0 Å². The maximum absolute atomic E-state index is 13.0. The molecule has 9 heteroatoms. The summed E-state index contributed by atoms with van der Waals surface area (Å²) in [5.41, 5.74) is 8.65. The van der Waals surface area contributed by atoms with Crippen molar-refractivity contribution in [2.24, 2.45) is 0 Å². The normalized spacial score (nSPS) is 18.1. The van der Waals surface area contributed by atoms with E-state index in [0.29, 0.717) is 24.1 Å². The summed E-state index contributed by atoms with van der Waals surface area (Å²) >= 11 is 0. The first-order chi connectivity index (χ1) is 19.7. The predicted octanol–water partition coefficient (Wildman–Crippen LogP) is 5.12. The third kappa shape index (κ3) is 5.70. The molecule has 0 unspecified atom stereocenters. The van der Waals surface area contributed by atoms with Gasteiger partial charge in [0.2, 0.25) is 5.91 Å². The van der Waals surface area contributed by atoms with Gasteiger partial charge in [-0.25, -0.2) is 14.6 Å². The maximum atomic E-state index is 13.0. The number of hydrogen-bond acceptors (Lipinski definition) is 7. The van der Waals surface area contributed by atoms with Crippen LogP contribution in [0.25, 0.3) is 22.3 Å². The van der Waals surface area contributed by atoms with Gasteiger partial charge in [-0.1, -0.05) is 37.1 Å². The van der Waals surface area contributed by atoms with Gasteiger partial charge in [0, 0.05) is 37.3 Å². The molecule has 0 spiro atoms. The number of aromatic nitrogens is 4. The van der Waals surface area contributed by atoms with Crippen LogP contribution in [0.3, 0.4) is 0 Å². The molecular formula is C31H35N7O2. The van der Waals surface area contributed by atoms with Crippen LogP contribution in [0.5, 0.6) is 11.5 Å². The van der Waals surface area contributed by atoms with E-state index >= 15 is 0 Å². The van der Waals surface area contributed by atoms with Gasteiger partial charge in [-0.15, -0.1) is 0 Å². The van der Waals surface area contributed by atoms with E-state index in [2.05, 4.69) is 15.3 Å². The molecule has 2 fully saturated rings. The van der Waals surface area contributed by atoms with Gasteiger partial charge in [-0.05, 0) is 62.1 Å². The Morgan fingerprint density at radius 1 is 1.00 bits per heavy atom. The molecule has 2 aromatic heterocycles. The summed E-state index contributed by atoms with van der Waals surface area (Å²) in [6.07, 6.45) is 12.0. The quantitative estimate of drug-likeness (QED) is 0.300. The highest BCUT2D eigenvalue weighted by atomic mass is 16.5. The highest BCUT2D eigenvalue weighted by Gasteiger charge is 2.28. The van der Waals surface area contributed by atoms with Crippen molar-refractivity contribution >= 4 is 22.8 Å². The number of anilines is 1. The van der Waals surface area contributed by atoms with Gasteiger partial charge in [0.1, 0.15) is 29.3 Å². The standard InChI is InChI=1S/C31H35N7O2/c32-30-28-29(22-14-16-26(17-15-22)40-25-11-2-1-3-12-25)36-38(31(28)35-21-34-30)24-10-7-19-37(20-24)27(39)13-6-18-33-23-8-4-5-9-23/h1-3,6,11-17,21,23-24,33H,4-5,7-10,18-20H2,(H2,32,34,35)/b13-6+/t24-/m1/s1. The lowest BCUT2D eigenvalue weighted by molar-refractivity contribution is -0.127. The Morgan fingerprint density at radius 3 is 2.58 bits per heavy atom. The van der Waals surface area contributed by atoms with E-state index in [0.717, 1.165) is 54.1 Å². The van der Waals surface area contributed by atoms with E-state index in [1.165, 1.54) is 32.0 Å². The fourth-order valence-electron chi connectivity index (χ4n) is 5.74. The van der Waals surface area contributed by atoms with Crippen LogP contribution in [0.15, 0.2) is 73.1 Å². The van der Waals surface area contributed by atoms with Crippen molar-refractivity contribution in [2.45, 2.75) is 50.6 Å². The van der Waals surface area contributed by atoms with Crippen molar-refractivity contribution in [3.05, 3.63) is 73.1 Å². The van der Waals surface area contributed by atoms with Crippen LogP contribution in [-0.4, -0.2) is 56.2 Å². The van der Waals surface area contributed by atoms with Crippen molar-refractivity contribution in [1.29, 1.82) is 0 Å². The number of likely N-dealkylation sites (tertiary alicyclic amines) is 1. The minimum Gasteiger partial charge on any atom is -0.457 e. The minimum atomic E-state index is -0.00560. The van der Waals surface area contributed by atoms with Crippen molar-refractivity contribution in [2.75, 3.05) is 25.4 Å². The van der Waals surface area contributed by atoms with Gasteiger partial charge >= 0.3 is 0 Å². The number of nitrogens with two attached hydrogens (primary N) is 1. The van der Waals surface area contributed by atoms with Crippen LogP contribution in [0.2, 0.25) is 0 Å². The molecule has 6 rings (SSSR count). The summed E-state index contributed by atoms with van der Waals surface area (Å²) in [6.45, 7) is 2.04. The Kier molecular flexibility index (Phi) is 7.72. The van der Waals surface area contributed by atoms with Gasteiger partial charge in [-0.2, -0.15) is 5.10 Å². The Morgan fingerprint density at radius 2 is 1.77 bits per heavy atom. The number of fused-ring (bicyclic) bond motifs is 1. The number of hydrogen-bond donors (Lipinski definition) is 2. The molecule has 1 saturated heterocycles. The van der Waals surface area contributed by atoms with E-state index in [-0.39, 0.29) is 11.9 Å². The van der Waals surface area contributed by atoms with Crippen molar-refractivity contribution < 1.29 is 9.53 Å². The van der Waals surface area contributed by atoms with Gasteiger partial charge in [-0.3, -0.25) is 4.79 Å². The van der Waals surface area contributed by atoms with Crippen LogP contribution >= 0.6 is 0 Å². The van der Waals surface area contributed by atoms with Gasteiger partial charge in [0.05, 0.1) is 11.4 Å². The summed E-state index contributed by atoms with van der Waals surface area (Å²) in [6, 6.07) is 18.0. The Hall–Kier alpha value is -4.24. The lowest BCUT2D eigenvalue weighted by Gasteiger charge is -2.32. The number of ether oxygens (including phenoxy) is 1. The maximum Gasteiger partial charge on any atom is 0.246 e. The Balaban J connectivity index is 1.20. The van der Waals surface area contributed by atoms with Crippen molar-refractivity contribution in [1.82, 2.24) is 30.0 Å². The van der Waals surface area contributed by atoms with Gasteiger partial charge in [0.15, 0.2) is 5.65 Å². The number of benzene rings is 2. The topological polar surface area (TPSA) is 111 Å². The molecule has 1 saturated carbocycles. The number of rotatable bonds is 8. The van der Waals surface area contributed by atoms with Crippen molar-refractivity contribution in [3.63, 3.8) is 0 Å². The molecule has 40 heavy (non-hydrogen) atoms. The first kappa shape index (κ1) is 26.0. The zero-order chi connectivity index (χ0) is 27.3. The summed E-state index contributed by atoms with van der Waals surface area (Å²) in [4.78, 5) is 23.7. The summed E-state index contributed by atoms with van der Waals surface area (Å²) in [7, 11) is 0. The molecule has 2 aliphatic rings. The molecule has 0 bridgehead atoms. The number of piperidine rings is 1. The highest BCUT2D eigenvalue weighted by Crippen LogP contribution is 2.35. The van der Waals surface area contributed by atoms with E-state index in [1.807, 2.05) is 70.3 Å². The van der Waals surface area contributed by atoms with Crippen LogP contribution in [0.4, 0.5) is 5.82 Å². The molecule has 0 radical (unpaired) electrons. The number of para-hydroxylation sites is 1. The molecule has 206 valence electrons. The molecule has 3 N–H and O–H groups in total. The smallest absolute Gasteiger partial charge is 0.246 e. The zero-order valence-electron chi connectivity index (χ0n) is 22.6. The van der Waals surface area contributed by atoms with Crippen LogP contribution < -0.4 is 15.8 Å². The van der Waals surface area contributed by atoms with Crippen LogP contribution in [0, 0.1) is 0 Å². The molecular weight excluding hydrogens is 502 g/mol. The lowest BCUT2D eigenvalue weighted by Crippen LogP contribution is -2.40. The average molecular weight is 538 g/mol. The highest BCUT2D eigenvalue weighted by molar-refractivity contribution is 5.98. The van der Waals surface area contributed by atoms with E-state index in [1.54, 1.807) is 6.08 Å². The Bertz CT molecular complexity index is 1480. The molecule has 4 aromatic rings. The van der Waals surface area contributed by atoms with E-state index in [4.69, 9.17) is 15.6 Å². The molecule has 1 aliphatic heterocycles. The first-order valence-corrected chi connectivity index (χ1v) is 14.2. The Labute approximate surface area is 234 Å². The predicted molar refractivity (Wildman–Crippen MR) is 156 cm³/mol. The third-order valence-electron chi connectivity index (χ3n) is 7.82. The minimum absolute atomic E-state index is 0.00560. The third-order valence-corrected chi connectivity index (χ3v) is 7.82. The summed E-state index contributed by atoms with van der Waals surface area (Å²) < 4.78 is 7.89. The lowest BCUT2D eigenvalue weighted by atomic mass is 10.1. The number of carbonyl (C=O) groups is 1. The number of nitrogens with one attached hydrogen (secondary N) is 1. The zero-order valence-corrected chi connectivity index (χ0v) is 22.6. The molecule has 3 heterocycles. The van der Waals surface area contributed by atoms with Crippen molar-refractivity contribution in [3.8, 4) is 22.8 Å². The SMILES string of the molecule is Nc1ncnc2c1c(-c1ccc(Oc3ccccc3)cc1)nn2[C@@H]1CCCN(C(=O)/C=C/CNC2CCCC2)C1. The second kappa shape index (κ2) is 11.9. The number of amides is 1. The fraction of sp³-hybridized carbons (Fsp3) is 0.355. The molecule has 1 atom stereocenters. The van der Waals surface area contributed by atoms with Gasteiger partial charge < -0.3 is 20.7 Å². The summed E-state index contributed by atoms with van der Waals surface area (Å²) in [5.74, 6) is 1.94. The van der Waals surface area contributed by atoms with Crippen LogP contribution in [0.1, 0.15) is 44.6 Å². The number of nitrogens with zero attached hydrogens (tertiary/aromatic N) is 5. The second-order valence-corrected chi connectivity index (χ2v) is 10.6. The molecule has 2 aromatic carbocycles. The molecule has 1 amide bonds. The monoisotopic (exact) mass is 537 g/mol.